The first kappa shape index (κ1) is 32.7. The molecule has 244 valence electrons. The molecule has 3 aromatic rings. The minimum absolute atomic E-state index is 0.136. The number of benzene rings is 2. The maximum atomic E-state index is 13.7. The number of alkyl halides is 3. The summed E-state index contributed by atoms with van der Waals surface area (Å²) >= 11 is 1.30. The maximum absolute atomic E-state index is 13.7. The minimum Gasteiger partial charge on any atom is -0.477 e. The Kier molecular flexibility index (Phi) is 9.60. The highest BCUT2D eigenvalue weighted by molar-refractivity contribution is 7.70. The molecule has 1 aromatic heterocycles. The Labute approximate surface area is 271 Å². The van der Waals surface area contributed by atoms with Crippen LogP contribution < -0.4 is 20.7 Å². The molecule has 7 nitrogen and oxygen atoms in total. The number of halogens is 3. The summed E-state index contributed by atoms with van der Waals surface area (Å²) in [4.78, 5) is 2.98. The Balaban J connectivity index is 1.17. The molecular weight excluding hydrogens is 632 g/mol. The average molecular weight is 671 g/mol. The standard InChI is InChI=1S/C34H38F3N4O3PS/c1-45(2,42)26-12-13-29(31(18-26)43-16-14-38)39-15-4-7-32-28(19-34(35,36)37)27-5-3-6-30(33(27)46-32)40-22-8-10-23(11-9-22)41-20-24-17-25(21-41)44-24/h3,5-6,12-13,18,22-25,39-40H,8-11,15-17,19-21H2,1-2H3. The van der Waals surface area contributed by atoms with Crippen LogP contribution in [0.1, 0.15) is 42.5 Å². The van der Waals surface area contributed by atoms with Gasteiger partial charge in [0, 0.05) is 36.9 Å². The van der Waals surface area contributed by atoms with Gasteiger partial charge in [-0.1, -0.05) is 24.0 Å². The van der Waals surface area contributed by atoms with E-state index in [1.807, 2.05) is 18.2 Å². The van der Waals surface area contributed by atoms with Crippen LogP contribution in [0.3, 0.4) is 0 Å². The second-order valence-electron chi connectivity index (χ2n) is 12.7. The highest BCUT2D eigenvalue weighted by atomic mass is 32.1. The quantitative estimate of drug-likeness (QED) is 0.191. The summed E-state index contributed by atoms with van der Waals surface area (Å²) in [6.45, 7) is 5.31. The Morgan fingerprint density at radius 3 is 2.52 bits per heavy atom. The molecule has 0 spiro atoms. The zero-order valence-corrected chi connectivity index (χ0v) is 27.7. The maximum Gasteiger partial charge on any atom is 0.393 e. The Morgan fingerprint density at radius 1 is 1.11 bits per heavy atom. The summed E-state index contributed by atoms with van der Waals surface area (Å²) in [7, 11) is -2.55. The molecule has 4 fully saturated rings. The fourth-order valence-corrected chi connectivity index (χ4v) is 8.77. The Bertz CT molecular complexity index is 1710. The van der Waals surface area contributed by atoms with Crippen LogP contribution in [0.5, 0.6) is 5.75 Å². The van der Waals surface area contributed by atoms with Crippen molar-refractivity contribution >= 4 is 45.2 Å². The van der Waals surface area contributed by atoms with Crippen molar-refractivity contribution < 1.29 is 27.2 Å². The largest absolute Gasteiger partial charge is 0.477 e. The van der Waals surface area contributed by atoms with Crippen molar-refractivity contribution in [1.29, 1.82) is 5.26 Å². The number of nitriles is 1. The lowest BCUT2D eigenvalue weighted by atomic mass is 9.87. The number of nitrogens with zero attached hydrogens (tertiary/aromatic N) is 2. The molecular formula is C34H38F3N4O3PS. The molecule has 2 bridgehead atoms. The van der Waals surface area contributed by atoms with E-state index in [0.717, 1.165) is 49.2 Å². The van der Waals surface area contributed by atoms with Gasteiger partial charge in [0.2, 0.25) is 0 Å². The first-order chi connectivity index (χ1) is 22.0. The van der Waals surface area contributed by atoms with Crippen LogP contribution in [0.4, 0.5) is 24.5 Å². The van der Waals surface area contributed by atoms with Crippen LogP contribution in [0.2, 0.25) is 0 Å². The number of piperidine rings is 1. The molecule has 3 saturated heterocycles. The summed E-state index contributed by atoms with van der Waals surface area (Å²) in [5, 5.41) is 17.0. The summed E-state index contributed by atoms with van der Waals surface area (Å²) in [6, 6.07) is 13.4. The van der Waals surface area contributed by atoms with E-state index >= 15 is 0 Å². The van der Waals surface area contributed by atoms with E-state index in [4.69, 9.17) is 14.7 Å². The molecule has 1 aliphatic carbocycles. The number of morpholine rings is 1. The highest BCUT2D eigenvalue weighted by Gasteiger charge is 2.41. The van der Waals surface area contributed by atoms with Crippen molar-refractivity contribution in [2.75, 3.05) is 50.2 Å². The summed E-state index contributed by atoms with van der Waals surface area (Å²) in [5.74, 6) is 6.35. The van der Waals surface area contributed by atoms with Crippen LogP contribution in [0.25, 0.3) is 10.1 Å². The first-order valence-corrected chi connectivity index (χ1v) is 19.1. The number of rotatable bonds is 9. The summed E-state index contributed by atoms with van der Waals surface area (Å²) in [5.41, 5.74) is 1.61. The highest BCUT2D eigenvalue weighted by Crippen LogP contribution is 2.41. The predicted molar refractivity (Wildman–Crippen MR) is 178 cm³/mol. The normalized spacial score (nSPS) is 23.1. The summed E-state index contributed by atoms with van der Waals surface area (Å²) in [6.07, 6.45) is 0.786. The smallest absolute Gasteiger partial charge is 0.393 e. The van der Waals surface area contributed by atoms with Crippen LogP contribution in [0, 0.1) is 23.2 Å². The van der Waals surface area contributed by atoms with E-state index in [9.17, 15) is 17.7 Å². The van der Waals surface area contributed by atoms with Gasteiger partial charge in [-0.3, -0.25) is 4.90 Å². The van der Waals surface area contributed by atoms with Crippen molar-refractivity contribution in [3.8, 4) is 23.7 Å². The molecule has 0 amide bonds. The fourth-order valence-electron chi connectivity index (χ4n) is 6.74. The average Bonchev–Trinajstić information content (AvgIpc) is 3.34. The zero-order valence-electron chi connectivity index (χ0n) is 26.0. The molecule has 2 aromatic carbocycles. The van der Waals surface area contributed by atoms with Gasteiger partial charge in [0.05, 0.1) is 46.1 Å². The van der Waals surface area contributed by atoms with Crippen LogP contribution in [-0.4, -0.2) is 74.9 Å². The van der Waals surface area contributed by atoms with E-state index < -0.39 is 19.7 Å². The van der Waals surface area contributed by atoms with E-state index in [0.29, 0.717) is 45.3 Å². The Hall–Kier alpha value is -3.21. The number of nitrogens with one attached hydrogen (secondary N) is 2. The SMILES string of the molecule is CP(C)(=O)c1ccc(NCC#Cc2sc3c(NC4CCC(N5CC6CC(C5)O6)CC4)cccc3c2CC(F)(F)F)c(OCC#N)c1. The molecule has 0 radical (unpaired) electrons. The van der Waals surface area contributed by atoms with Gasteiger partial charge in [0.1, 0.15) is 19.0 Å². The number of anilines is 2. The zero-order chi connectivity index (χ0) is 32.5. The molecule has 4 heterocycles. The molecule has 1 saturated carbocycles. The number of fused-ring (bicyclic) bond motifs is 3. The van der Waals surface area contributed by atoms with Crippen molar-refractivity contribution in [1.82, 2.24) is 4.90 Å². The van der Waals surface area contributed by atoms with E-state index in [1.54, 1.807) is 37.6 Å². The van der Waals surface area contributed by atoms with E-state index in [1.165, 1.54) is 17.8 Å². The third-order valence-electron chi connectivity index (χ3n) is 9.00. The van der Waals surface area contributed by atoms with Crippen molar-refractivity contribution in [3.05, 3.63) is 46.8 Å². The predicted octanol–water partition coefficient (Wildman–Crippen LogP) is 6.82. The van der Waals surface area contributed by atoms with Gasteiger partial charge >= 0.3 is 6.18 Å². The molecule has 2 N–H and O–H groups in total. The van der Waals surface area contributed by atoms with E-state index in [2.05, 4.69) is 27.4 Å². The van der Waals surface area contributed by atoms with Gasteiger partial charge in [-0.25, -0.2) is 0 Å². The second kappa shape index (κ2) is 13.5. The molecule has 2 unspecified atom stereocenters. The fraction of sp³-hybridized carbons (Fsp3) is 0.500. The number of hydrogen-bond donors (Lipinski definition) is 2. The van der Waals surface area contributed by atoms with Gasteiger partial charge < -0.3 is 24.7 Å². The van der Waals surface area contributed by atoms with Crippen LogP contribution in [0.15, 0.2) is 36.4 Å². The lowest BCUT2D eigenvalue weighted by molar-refractivity contribution is -0.189. The lowest BCUT2D eigenvalue weighted by Gasteiger charge is -2.50. The third kappa shape index (κ3) is 7.66. The molecule has 2 atom stereocenters. The van der Waals surface area contributed by atoms with E-state index in [-0.39, 0.29) is 24.8 Å². The van der Waals surface area contributed by atoms with Gasteiger partial charge in [-0.15, -0.1) is 11.3 Å². The van der Waals surface area contributed by atoms with Crippen LogP contribution in [-0.2, 0) is 15.7 Å². The van der Waals surface area contributed by atoms with Gasteiger partial charge in [-0.05, 0) is 74.2 Å². The monoisotopic (exact) mass is 670 g/mol. The third-order valence-corrected chi connectivity index (χ3v) is 11.7. The topological polar surface area (TPSA) is 86.6 Å². The number of thiophene rings is 1. The minimum atomic E-state index is -4.38. The number of hydrogen-bond acceptors (Lipinski definition) is 8. The van der Waals surface area contributed by atoms with Crippen molar-refractivity contribution in [3.63, 3.8) is 0 Å². The molecule has 3 aliphatic heterocycles. The van der Waals surface area contributed by atoms with Gasteiger partial charge in [0.25, 0.3) is 0 Å². The van der Waals surface area contributed by atoms with Crippen LogP contribution >= 0.6 is 18.5 Å². The lowest BCUT2D eigenvalue weighted by Crippen LogP contribution is -2.60. The second-order valence-corrected chi connectivity index (χ2v) is 17.0. The van der Waals surface area contributed by atoms with Crippen molar-refractivity contribution in [2.24, 2.45) is 0 Å². The molecule has 7 rings (SSSR count). The van der Waals surface area contributed by atoms with Crippen molar-refractivity contribution in [2.45, 2.75) is 69.0 Å². The molecule has 12 heteroatoms. The number of ether oxygens (including phenoxy) is 2. The van der Waals surface area contributed by atoms with Gasteiger partial charge in [0.15, 0.2) is 6.61 Å². The molecule has 46 heavy (non-hydrogen) atoms. The van der Waals surface area contributed by atoms with Gasteiger partial charge in [-0.2, -0.15) is 18.4 Å². The molecule has 4 aliphatic rings. The summed E-state index contributed by atoms with van der Waals surface area (Å²) < 4.78 is 65.9. The Morgan fingerprint density at radius 2 is 1.85 bits per heavy atom. The first-order valence-electron chi connectivity index (χ1n) is 15.7.